The zero-order chi connectivity index (χ0) is 20.5. The summed E-state index contributed by atoms with van der Waals surface area (Å²) in [5.41, 5.74) is 1.98. The first-order valence-corrected chi connectivity index (χ1v) is 10.1. The Hall–Kier alpha value is -2.23. The van der Waals surface area contributed by atoms with Gasteiger partial charge >= 0.3 is 0 Å². The van der Waals surface area contributed by atoms with E-state index < -0.39 is 0 Å². The van der Waals surface area contributed by atoms with Gasteiger partial charge in [-0.2, -0.15) is 0 Å². The van der Waals surface area contributed by atoms with Crippen molar-refractivity contribution in [2.45, 2.75) is 32.2 Å². The van der Waals surface area contributed by atoms with Crippen LogP contribution in [0.2, 0.25) is 0 Å². The number of halogens is 1. The van der Waals surface area contributed by atoms with E-state index in [-0.39, 0.29) is 24.0 Å². The summed E-state index contributed by atoms with van der Waals surface area (Å²) in [6, 6.07) is 9.91. The Morgan fingerprint density at radius 1 is 1.03 bits per heavy atom. The minimum absolute atomic E-state index is 0. The van der Waals surface area contributed by atoms with E-state index in [4.69, 9.17) is 9.47 Å². The van der Waals surface area contributed by atoms with Crippen LogP contribution in [0.3, 0.4) is 0 Å². The molecule has 1 aliphatic heterocycles. The van der Waals surface area contributed by atoms with Crippen LogP contribution in [0.5, 0.6) is 11.5 Å². The molecule has 8 heteroatoms. The fraction of sp³-hybridized carbons (Fsp3) is 0.455. The number of benzene rings is 1. The maximum atomic E-state index is 5.35. The van der Waals surface area contributed by atoms with Crippen molar-refractivity contribution in [1.29, 1.82) is 0 Å². The lowest BCUT2D eigenvalue weighted by Crippen LogP contribution is -2.30. The minimum Gasteiger partial charge on any atom is -0.493 e. The van der Waals surface area contributed by atoms with Crippen molar-refractivity contribution < 1.29 is 9.47 Å². The van der Waals surface area contributed by atoms with Crippen LogP contribution < -0.4 is 25.0 Å². The summed E-state index contributed by atoms with van der Waals surface area (Å²) in [6.07, 6.45) is 7.10. The monoisotopic (exact) mass is 525 g/mol. The summed E-state index contributed by atoms with van der Waals surface area (Å²) >= 11 is 0. The third kappa shape index (κ3) is 6.65. The number of rotatable bonds is 6. The summed E-state index contributed by atoms with van der Waals surface area (Å²) < 4.78 is 10.6. The molecule has 0 saturated carbocycles. The standard InChI is InChI=1S/C22H31N5O2.HI/c1-23-22(26-18-9-10-19(28-2)20(14-18)29-3)25-16-17-8-11-21(24-15-17)27-12-6-4-5-7-13-27;/h8-11,14-15H,4-7,12-13,16H2,1-3H3,(H2,23,25,26);1H. The molecule has 0 atom stereocenters. The van der Waals surface area contributed by atoms with E-state index in [1.165, 1.54) is 25.7 Å². The van der Waals surface area contributed by atoms with Gasteiger partial charge in [0.2, 0.25) is 0 Å². The molecule has 1 saturated heterocycles. The zero-order valence-corrected chi connectivity index (χ0v) is 20.3. The Kier molecular flexibility index (Phi) is 9.99. The van der Waals surface area contributed by atoms with Crippen molar-refractivity contribution in [2.75, 3.05) is 44.6 Å². The number of pyridine rings is 1. The molecule has 1 aromatic heterocycles. The molecule has 164 valence electrons. The first-order valence-electron chi connectivity index (χ1n) is 10.1. The predicted octanol–water partition coefficient (Wildman–Crippen LogP) is 4.28. The molecule has 7 nitrogen and oxygen atoms in total. The highest BCUT2D eigenvalue weighted by Gasteiger charge is 2.11. The number of hydrogen-bond donors (Lipinski definition) is 2. The van der Waals surface area contributed by atoms with Gasteiger partial charge in [0.05, 0.1) is 14.2 Å². The number of guanidine groups is 1. The first-order chi connectivity index (χ1) is 14.2. The molecule has 2 heterocycles. The lowest BCUT2D eigenvalue weighted by molar-refractivity contribution is 0.355. The lowest BCUT2D eigenvalue weighted by Gasteiger charge is -2.21. The van der Waals surface area contributed by atoms with Gasteiger partial charge in [0, 0.05) is 44.6 Å². The molecular formula is C22H32IN5O2. The smallest absolute Gasteiger partial charge is 0.195 e. The molecule has 0 unspecified atom stereocenters. The number of methoxy groups -OCH3 is 2. The molecule has 1 fully saturated rings. The number of aliphatic imine (C=N–C) groups is 1. The fourth-order valence-electron chi connectivity index (χ4n) is 3.42. The molecule has 0 radical (unpaired) electrons. The number of nitrogens with zero attached hydrogens (tertiary/aromatic N) is 3. The second-order valence-corrected chi connectivity index (χ2v) is 7.05. The molecule has 0 bridgehead atoms. The van der Waals surface area contributed by atoms with Crippen LogP contribution in [0.15, 0.2) is 41.5 Å². The van der Waals surface area contributed by atoms with Crippen LogP contribution in [0.25, 0.3) is 0 Å². The Morgan fingerprint density at radius 2 is 1.77 bits per heavy atom. The molecule has 30 heavy (non-hydrogen) atoms. The third-order valence-corrected chi connectivity index (χ3v) is 5.07. The zero-order valence-electron chi connectivity index (χ0n) is 18.0. The largest absolute Gasteiger partial charge is 0.493 e. The first kappa shape index (κ1) is 24.0. The van der Waals surface area contributed by atoms with Crippen LogP contribution in [0.4, 0.5) is 11.5 Å². The number of anilines is 2. The summed E-state index contributed by atoms with van der Waals surface area (Å²) in [5.74, 6) is 3.11. The van der Waals surface area contributed by atoms with E-state index in [0.717, 1.165) is 30.2 Å². The molecule has 2 N–H and O–H groups in total. The van der Waals surface area contributed by atoms with Gasteiger partial charge in [-0.05, 0) is 36.6 Å². The highest BCUT2D eigenvalue weighted by molar-refractivity contribution is 14.0. The van der Waals surface area contributed by atoms with Gasteiger partial charge in [0.25, 0.3) is 0 Å². The Balaban J connectivity index is 0.00000320. The molecule has 3 rings (SSSR count). The van der Waals surface area contributed by atoms with Crippen molar-refractivity contribution in [1.82, 2.24) is 10.3 Å². The Morgan fingerprint density at radius 3 is 2.37 bits per heavy atom. The van der Waals surface area contributed by atoms with Crippen molar-refractivity contribution >= 4 is 41.4 Å². The number of nitrogens with one attached hydrogen (secondary N) is 2. The van der Waals surface area contributed by atoms with Gasteiger partial charge < -0.3 is 25.0 Å². The molecule has 0 spiro atoms. The topological polar surface area (TPSA) is 71.0 Å². The maximum Gasteiger partial charge on any atom is 0.195 e. The van der Waals surface area contributed by atoms with Crippen LogP contribution >= 0.6 is 24.0 Å². The van der Waals surface area contributed by atoms with Crippen LogP contribution in [0.1, 0.15) is 31.2 Å². The van der Waals surface area contributed by atoms with E-state index in [0.29, 0.717) is 24.0 Å². The van der Waals surface area contributed by atoms with Crippen molar-refractivity contribution in [3.63, 3.8) is 0 Å². The highest BCUT2D eigenvalue weighted by Crippen LogP contribution is 2.29. The fourth-order valence-corrected chi connectivity index (χ4v) is 3.42. The van der Waals surface area contributed by atoms with Gasteiger partial charge in [0.1, 0.15) is 5.82 Å². The molecule has 1 aliphatic rings. The normalized spacial score (nSPS) is 14.4. The summed E-state index contributed by atoms with van der Waals surface area (Å²) in [4.78, 5) is 11.4. The van der Waals surface area contributed by atoms with Crippen LogP contribution in [-0.2, 0) is 6.54 Å². The quantitative estimate of drug-likeness (QED) is 0.333. The average Bonchev–Trinajstić information content (AvgIpc) is 3.06. The second kappa shape index (κ2) is 12.5. The van der Waals surface area contributed by atoms with Gasteiger partial charge in [-0.25, -0.2) is 4.98 Å². The summed E-state index contributed by atoms with van der Waals surface area (Å²) in [7, 11) is 4.99. The third-order valence-electron chi connectivity index (χ3n) is 5.07. The van der Waals surface area contributed by atoms with Gasteiger partial charge in [-0.1, -0.05) is 18.9 Å². The average molecular weight is 525 g/mol. The Labute approximate surface area is 196 Å². The van der Waals surface area contributed by atoms with Gasteiger partial charge in [-0.3, -0.25) is 4.99 Å². The number of aromatic nitrogens is 1. The van der Waals surface area contributed by atoms with Crippen molar-refractivity contribution in [3.05, 3.63) is 42.1 Å². The van der Waals surface area contributed by atoms with E-state index in [1.54, 1.807) is 21.3 Å². The molecular weight excluding hydrogens is 493 g/mol. The second-order valence-electron chi connectivity index (χ2n) is 7.05. The summed E-state index contributed by atoms with van der Waals surface area (Å²) in [5, 5.41) is 6.59. The van der Waals surface area contributed by atoms with E-state index in [1.807, 2.05) is 24.4 Å². The number of ether oxygens (including phenoxy) is 2. The van der Waals surface area contributed by atoms with E-state index in [2.05, 4.69) is 37.6 Å². The number of hydrogen-bond acceptors (Lipinski definition) is 5. The maximum absolute atomic E-state index is 5.35. The molecule has 0 amide bonds. The molecule has 1 aromatic carbocycles. The van der Waals surface area contributed by atoms with Crippen LogP contribution in [0, 0.1) is 0 Å². The SMILES string of the molecule is CN=C(NCc1ccc(N2CCCCCC2)nc1)Nc1ccc(OC)c(OC)c1.I. The lowest BCUT2D eigenvalue weighted by atomic mass is 10.2. The molecule has 2 aromatic rings. The van der Waals surface area contributed by atoms with Gasteiger partial charge in [-0.15, -0.1) is 24.0 Å². The van der Waals surface area contributed by atoms with E-state index >= 15 is 0 Å². The minimum atomic E-state index is 0. The highest BCUT2D eigenvalue weighted by atomic mass is 127. The Bertz CT molecular complexity index is 806. The molecule has 0 aliphatic carbocycles. The van der Waals surface area contributed by atoms with Crippen LogP contribution in [-0.4, -0.2) is 45.3 Å². The summed E-state index contributed by atoms with van der Waals surface area (Å²) in [6.45, 7) is 2.85. The predicted molar refractivity (Wildman–Crippen MR) is 134 cm³/mol. The van der Waals surface area contributed by atoms with Crippen molar-refractivity contribution in [2.24, 2.45) is 4.99 Å². The van der Waals surface area contributed by atoms with E-state index in [9.17, 15) is 0 Å². The van der Waals surface area contributed by atoms with Gasteiger partial charge in [0.15, 0.2) is 17.5 Å². The van der Waals surface area contributed by atoms with Crippen molar-refractivity contribution in [3.8, 4) is 11.5 Å².